The standard InChI is InChI=1S/C12H17BrFNO3S/c1-8(2)5-10(7-16)15-19(17,18)12-4-3-9(14)6-11(12)13/h3-4,6,8,10,15-16H,5,7H2,1-2H3. The van der Waals surface area contributed by atoms with Crippen molar-refractivity contribution in [1.82, 2.24) is 4.72 Å². The average Bonchev–Trinajstić information content (AvgIpc) is 2.26. The van der Waals surface area contributed by atoms with Gasteiger partial charge in [-0.3, -0.25) is 0 Å². The Morgan fingerprint density at radius 2 is 2.05 bits per heavy atom. The zero-order chi connectivity index (χ0) is 14.6. The SMILES string of the molecule is CC(C)CC(CO)NS(=O)(=O)c1ccc(F)cc1Br. The molecular formula is C12H17BrFNO3S. The van der Waals surface area contributed by atoms with E-state index in [1.54, 1.807) is 0 Å². The molecule has 0 saturated heterocycles. The topological polar surface area (TPSA) is 66.4 Å². The lowest BCUT2D eigenvalue weighted by Gasteiger charge is -2.18. The molecule has 1 rings (SSSR count). The van der Waals surface area contributed by atoms with E-state index in [-0.39, 0.29) is 21.9 Å². The molecule has 0 fully saturated rings. The number of sulfonamides is 1. The van der Waals surface area contributed by atoms with Crippen LogP contribution in [0, 0.1) is 11.7 Å². The molecule has 19 heavy (non-hydrogen) atoms. The van der Waals surface area contributed by atoms with Crippen LogP contribution in [0.1, 0.15) is 20.3 Å². The molecule has 0 heterocycles. The largest absolute Gasteiger partial charge is 0.395 e. The van der Waals surface area contributed by atoms with E-state index in [0.29, 0.717) is 6.42 Å². The molecule has 0 aliphatic rings. The predicted molar refractivity (Wildman–Crippen MR) is 74.8 cm³/mol. The number of hydrogen-bond acceptors (Lipinski definition) is 3. The summed E-state index contributed by atoms with van der Waals surface area (Å²) < 4.78 is 39.8. The second-order valence-electron chi connectivity index (χ2n) is 4.71. The Morgan fingerprint density at radius 3 is 2.53 bits per heavy atom. The molecule has 0 aliphatic carbocycles. The van der Waals surface area contributed by atoms with Gasteiger partial charge >= 0.3 is 0 Å². The number of aliphatic hydroxyl groups is 1. The highest BCUT2D eigenvalue weighted by molar-refractivity contribution is 9.10. The molecule has 1 unspecified atom stereocenters. The first-order valence-electron chi connectivity index (χ1n) is 5.84. The van der Waals surface area contributed by atoms with Gasteiger partial charge in [0.25, 0.3) is 0 Å². The van der Waals surface area contributed by atoms with Crippen LogP contribution in [-0.2, 0) is 10.0 Å². The van der Waals surface area contributed by atoms with E-state index in [4.69, 9.17) is 0 Å². The summed E-state index contributed by atoms with van der Waals surface area (Å²) in [6.07, 6.45) is 0.522. The monoisotopic (exact) mass is 353 g/mol. The lowest BCUT2D eigenvalue weighted by Crippen LogP contribution is -2.38. The minimum Gasteiger partial charge on any atom is -0.395 e. The smallest absolute Gasteiger partial charge is 0.242 e. The van der Waals surface area contributed by atoms with Crippen LogP contribution in [0.25, 0.3) is 0 Å². The van der Waals surface area contributed by atoms with Gasteiger partial charge in [0, 0.05) is 10.5 Å². The molecule has 0 bridgehead atoms. The summed E-state index contributed by atoms with van der Waals surface area (Å²) in [4.78, 5) is -0.0453. The first kappa shape index (κ1) is 16.6. The fourth-order valence-corrected chi connectivity index (χ4v) is 3.99. The van der Waals surface area contributed by atoms with E-state index in [1.807, 2.05) is 13.8 Å². The van der Waals surface area contributed by atoms with Crippen LogP contribution in [0.4, 0.5) is 4.39 Å². The van der Waals surface area contributed by atoms with Crippen LogP contribution in [0.2, 0.25) is 0 Å². The molecule has 108 valence electrons. The maximum Gasteiger partial charge on any atom is 0.242 e. The molecule has 0 amide bonds. The number of aliphatic hydroxyl groups excluding tert-OH is 1. The summed E-state index contributed by atoms with van der Waals surface area (Å²) in [7, 11) is -3.79. The van der Waals surface area contributed by atoms with Crippen molar-refractivity contribution in [2.75, 3.05) is 6.61 Å². The second-order valence-corrected chi connectivity index (χ2v) is 7.24. The molecule has 0 aliphatic heterocycles. The molecule has 0 radical (unpaired) electrons. The Kier molecular flexibility index (Phi) is 5.91. The second kappa shape index (κ2) is 6.78. The van der Waals surface area contributed by atoms with Crippen LogP contribution in [0.5, 0.6) is 0 Å². The minimum absolute atomic E-state index is 0.0453. The summed E-state index contributed by atoms with van der Waals surface area (Å²) in [5, 5.41) is 9.20. The van der Waals surface area contributed by atoms with Crippen LogP contribution in [-0.4, -0.2) is 26.2 Å². The van der Waals surface area contributed by atoms with Crippen molar-refractivity contribution >= 4 is 26.0 Å². The van der Waals surface area contributed by atoms with Crippen molar-refractivity contribution < 1.29 is 17.9 Å². The van der Waals surface area contributed by atoms with Crippen molar-refractivity contribution in [2.24, 2.45) is 5.92 Å². The third-order valence-corrected chi connectivity index (χ3v) is 4.98. The van der Waals surface area contributed by atoms with Gasteiger partial charge in [-0.2, -0.15) is 0 Å². The van der Waals surface area contributed by atoms with E-state index < -0.39 is 21.9 Å². The predicted octanol–water partition coefficient (Wildman–Crippen LogP) is 2.27. The van der Waals surface area contributed by atoms with Crippen LogP contribution in [0.3, 0.4) is 0 Å². The van der Waals surface area contributed by atoms with Crippen molar-refractivity contribution in [3.63, 3.8) is 0 Å². The summed E-state index contributed by atoms with van der Waals surface area (Å²) in [6.45, 7) is 3.59. The molecule has 0 saturated carbocycles. The number of rotatable bonds is 6. The van der Waals surface area contributed by atoms with Gasteiger partial charge in [0.1, 0.15) is 5.82 Å². The molecule has 1 aromatic rings. The zero-order valence-corrected chi connectivity index (χ0v) is 13.1. The lowest BCUT2D eigenvalue weighted by molar-refractivity contribution is 0.240. The van der Waals surface area contributed by atoms with Gasteiger partial charge in [-0.05, 0) is 46.5 Å². The lowest BCUT2D eigenvalue weighted by atomic mass is 10.1. The number of hydrogen-bond donors (Lipinski definition) is 2. The Labute approximate surface area is 121 Å². The van der Waals surface area contributed by atoms with Crippen molar-refractivity contribution in [1.29, 1.82) is 0 Å². The Hall–Kier alpha value is -0.500. The fourth-order valence-electron chi connectivity index (χ4n) is 1.70. The van der Waals surface area contributed by atoms with E-state index in [9.17, 15) is 17.9 Å². The third-order valence-electron chi connectivity index (χ3n) is 2.48. The number of benzene rings is 1. The summed E-state index contributed by atoms with van der Waals surface area (Å²) >= 11 is 3.02. The highest BCUT2D eigenvalue weighted by Crippen LogP contribution is 2.23. The summed E-state index contributed by atoms with van der Waals surface area (Å²) in [5.74, 6) is -0.275. The third kappa shape index (κ3) is 4.83. The summed E-state index contributed by atoms with van der Waals surface area (Å²) in [5.41, 5.74) is 0. The number of halogens is 2. The van der Waals surface area contributed by atoms with E-state index in [1.165, 1.54) is 6.07 Å². The van der Waals surface area contributed by atoms with Crippen LogP contribution in [0.15, 0.2) is 27.6 Å². The van der Waals surface area contributed by atoms with Crippen LogP contribution < -0.4 is 4.72 Å². The molecule has 0 spiro atoms. The fraction of sp³-hybridized carbons (Fsp3) is 0.500. The van der Waals surface area contributed by atoms with Gasteiger partial charge < -0.3 is 5.11 Å². The molecule has 1 aromatic carbocycles. The molecule has 0 aromatic heterocycles. The van der Waals surface area contributed by atoms with E-state index >= 15 is 0 Å². The van der Waals surface area contributed by atoms with Crippen molar-refractivity contribution in [3.05, 3.63) is 28.5 Å². The Morgan fingerprint density at radius 1 is 1.42 bits per heavy atom. The molecule has 7 heteroatoms. The molecular weight excluding hydrogens is 337 g/mol. The molecule has 1 atom stereocenters. The van der Waals surface area contributed by atoms with Gasteiger partial charge in [0.2, 0.25) is 10.0 Å². The van der Waals surface area contributed by atoms with Gasteiger partial charge in [-0.25, -0.2) is 17.5 Å². The molecule has 4 nitrogen and oxygen atoms in total. The van der Waals surface area contributed by atoms with Gasteiger partial charge in [-0.15, -0.1) is 0 Å². The first-order valence-corrected chi connectivity index (χ1v) is 8.12. The van der Waals surface area contributed by atoms with Gasteiger partial charge in [-0.1, -0.05) is 13.8 Å². The zero-order valence-electron chi connectivity index (χ0n) is 10.7. The summed E-state index contributed by atoms with van der Waals surface area (Å²) in [6, 6.07) is 2.80. The average molecular weight is 354 g/mol. The van der Waals surface area contributed by atoms with Crippen molar-refractivity contribution in [3.8, 4) is 0 Å². The van der Waals surface area contributed by atoms with Crippen molar-refractivity contribution in [2.45, 2.75) is 31.2 Å². The van der Waals surface area contributed by atoms with Gasteiger partial charge in [0.05, 0.1) is 11.5 Å². The normalized spacial score (nSPS) is 13.8. The highest BCUT2D eigenvalue weighted by Gasteiger charge is 2.22. The molecule has 2 N–H and O–H groups in total. The first-order chi connectivity index (χ1) is 8.76. The Bertz CT molecular complexity index is 534. The van der Waals surface area contributed by atoms with E-state index in [0.717, 1.165) is 12.1 Å². The van der Waals surface area contributed by atoms with Crippen LogP contribution >= 0.6 is 15.9 Å². The van der Waals surface area contributed by atoms with Gasteiger partial charge in [0.15, 0.2) is 0 Å². The Balaban J connectivity index is 2.97. The highest BCUT2D eigenvalue weighted by atomic mass is 79.9. The quantitative estimate of drug-likeness (QED) is 0.824. The minimum atomic E-state index is -3.79. The maximum atomic E-state index is 13.0. The number of nitrogens with one attached hydrogen (secondary N) is 1. The van der Waals surface area contributed by atoms with E-state index in [2.05, 4.69) is 20.7 Å². The maximum absolute atomic E-state index is 13.0.